The molecule has 142 valence electrons. The molecule has 0 atom stereocenters. The summed E-state index contributed by atoms with van der Waals surface area (Å²) in [6, 6.07) is 9.74. The fraction of sp³-hybridized carbons (Fsp3) is 0.333. The Morgan fingerprint density at radius 1 is 1.22 bits per heavy atom. The minimum absolute atomic E-state index is 0.127. The molecule has 1 aromatic heterocycles. The van der Waals surface area contributed by atoms with Gasteiger partial charge in [-0.25, -0.2) is 0 Å². The lowest BCUT2D eigenvalue weighted by Crippen LogP contribution is -2.33. The molecule has 1 saturated heterocycles. The third-order valence-corrected chi connectivity index (χ3v) is 4.38. The van der Waals surface area contributed by atoms with Crippen LogP contribution >= 0.6 is 12.2 Å². The Morgan fingerprint density at radius 2 is 1.93 bits per heavy atom. The fourth-order valence-corrected chi connectivity index (χ4v) is 3.23. The van der Waals surface area contributed by atoms with Crippen molar-refractivity contribution in [3.05, 3.63) is 58.7 Å². The van der Waals surface area contributed by atoms with Crippen LogP contribution in [0.1, 0.15) is 36.5 Å². The molecule has 1 aliphatic heterocycles. The summed E-state index contributed by atoms with van der Waals surface area (Å²) in [5.74, 6) is 2.29. The van der Waals surface area contributed by atoms with Crippen molar-refractivity contribution in [1.82, 2.24) is 10.2 Å². The van der Waals surface area contributed by atoms with Crippen LogP contribution in [0.2, 0.25) is 0 Å². The van der Waals surface area contributed by atoms with Crippen LogP contribution in [0.25, 0.3) is 6.08 Å². The Bertz CT molecular complexity index is 878. The topological polar surface area (TPSA) is 54.7 Å². The first-order valence-corrected chi connectivity index (χ1v) is 9.37. The maximum Gasteiger partial charge on any atom is 0.276 e. The molecule has 0 spiro atoms. The number of thiocarbonyl (C=S) groups is 1. The second-order valence-corrected chi connectivity index (χ2v) is 7.60. The lowest BCUT2D eigenvalue weighted by Gasteiger charge is -2.15. The summed E-state index contributed by atoms with van der Waals surface area (Å²) >= 11 is 5.25. The number of aryl methyl sites for hydroxylation is 2. The van der Waals surface area contributed by atoms with Gasteiger partial charge in [-0.1, -0.05) is 19.9 Å². The van der Waals surface area contributed by atoms with Crippen molar-refractivity contribution in [3.63, 3.8) is 0 Å². The Hall–Kier alpha value is -2.60. The molecular weight excluding hydrogens is 360 g/mol. The highest BCUT2D eigenvalue weighted by Gasteiger charge is 2.31. The van der Waals surface area contributed by atoms with Crippen molar-refractivity contribution in [1.29, 1.82) is 0 Å². The van der Waals surface area contributed by atoms with Crippen LogP contribution in [0.5, 0.6) is 5.75 Å². The molecule has 1 amide bonds. The standard InChI is InChI=1S/C21H24N2O3S/c1-13(2)11-23-20(24)19(22-21(23)27)10-16-5-6-17(26-16)12-25-18-8-14(3)7-15(4)9-18/h5-10,13H,11-12H2,1-4H3,(H,22,27)/b19-10-. The maximum atomic E-state index is 12.5. The Kier molecular flexibility index (Phi) is 5.65. The smallest absolute Gasteiger partial charge is 0.276 e. The summed E-state index contributed by atoms with van der Waals surface area (Å²) in [6.45, 7) is 9.09. The Morgan fingerprint density at radius 3 is 2.59 bits per heavy atom. The third kappa shape index (κ3) is 4.77. The summed E-state index contributed by atoms with van der Waals surface area (Å²) in [6.07, 6.45) is 1.68. The number of amides is 1. The van der Waals surface area contributed by atoms with Gasteiger partial charge in [0.15, 0.2) is 5.11 Å². The van der Waals surface area contributed by atoms with Crippen molar-refractivity contribution >= 4 is 29.3 Å². The number of nitrogens with one attached hydrogen (secondary N) is 1. The molecule has 0 saturated carbocycles. The van der Waals surface area contributed by atoms with Crippen LogP contribution in [0.15, 0.2) is 40.4 Å². The molecule has 1 N–H and O–H groups in total. The minimum atomic E-state index is -0.127. The van der Waals surface area contributed by atoms with Gasteiger partial charge in [-0.2, -0.15) is 0 Å². The largest absolute Gasteiger partial charge is 0.486 e. The number of nitrogens with zero attached hydrogens (tertiary/aromatic N) is 1. The number of furan rings is 1. The highest BCUT2D eigenvalue weighted by molar-refractivity contribution is 7.80. The lowest BCUT2D eigenvalue weighted by molar-refractivity contribution is -0.122. The quantitative estimate of drug-likeness (QED) is 0.598. The van der Waals surface area contributed by atoms with Crippen LogP contribution in [-0.2, 0) is 11.4 Å². The summed E-state index contributed by atoms with van der Waals surface area (Å²) in [5.41, 5.74) is 2.74. The van der Waals surface area contributed by atoms with Gasteiger partial charge >= 0.3 is 0 Å². The molecule has 27 heavy (non-hydrogen) atoms. The second kappa shape index (κ2) is 7.96. The SMILES string of the molecule is Cc1cc(C)cc(OCc2ccc(/C=C3\NC(=S)N(CC(C)C)C3=O)o2)c1. The third-order valence-electron chi connectivity index (χ3n) is 4.06. The van der Waals surface area contributed by atoms with E-state index in [0.717, 1.165) is 16.9 Å². The molecule has 5 nitrogen and oxygen atoms in total. The molecule has 2 heterocycles. The van der Waals surface area contributed by atoms with Gasteiger partial charge in [-0.3, -0.25) is 9.69 Å². The Labute approximate surface area is 165 Å². The molecule has 3 rings (SSSR count). The Balaban J connectivity index is 1.66. The van der Waals surface area contributed by atoms with Gasteiger partial charge < -0.3 is 14.5 Å². The molecule has 1 aromatic carbocycles. The van der Waals surface area contributed by atoms with Crippen LogP contribution in [-0.4, -0.2) is 22.5 Å². The van der Waals surface area contributed by atoms with Crippen molar-refractivity contribution in [2.75, 3.05) is 6.54 Å². The lowest BCUT2D eigenvalue weighted by atomic mass is 10.1. The normalized spacial score (nSPS) is 15.7. The van der Waals surface area contributed by atoms with Gasteiger partial charge in [0.05, 0.1) is 0 Å². The summed E-state index contributed by atoms with van der Waals surface area (Å²) < 4.78 is 11.6. The van der Waals surface area contributed by atoms with E-state index in [1.165, 1.54) is 0 Å². The number of benzene rings is 1. The van der Waals surface area contributed by atoms with Crippen molar-refractivity contribution in [2.24, 2.45) is 5.92 Å². The average Bonchev–Trinajstić information content (AvgIpc) is 3.12. The van der Waals surface area contributed by atoms with E-state index < -0.39 is 0 Å². The van der Waals surface area contributed by atoms with E-state index >= 15 is 0 Å². The van der Waals surface area contributed by atoms with Gasteiger partial charge in [-0.15, -0.1) is 0 Å². The molecule has 0 aliphatic carbocycles. The molecule has 1 fully saturated rings. The zero-order valence-electron chi connectivity index (χ0n) is 16.0. The predicted octanol–water partition coefficient (Wildman–Crippen LogP) is 4.19. The van der Waals surface area contributed by atoms with E-state index in [1.54, 1.807) is 11.0 Å². The van der Waals surface area contributed by atoms with Gasteiger partial charge in [0.1, 0.15) is 29.6 Å². The maximum absolute atomic E-state index is 12.5. The van der Waals surface area contributed by atoms with E-state index in [0.29, 0.717) is 41.4 Å². The zero-order valence-corrected chi connectivity index (χ0v) is 16.9. The van der Waals surface area contributed by atoms with Crippen molar-refractivity contribution in [2.45, 2.75) is 34.3 Å². The van der Waals surface area contributed by atoms with Crippen molar-refractivity contribution in [3.8, 4) is 5.75 Å². The van der Waals surface area contributed by atoms with Gasteiger partial charge in [0.25, 0.3) is 5.91 Å². The van der Waals surface area contributed by atoms with Gasteiger partial charge in [0, 0.05) is 12.6 Å². The van der Waals surface area contributed by atoms with Crippen LogP contribution in [0, 0.1) is 19.8 Å². The average molecular weight is 385 g/mol. The van der Waals surface area contributed by atoms with Gasteiger partial charge in [-0.05, 0) is 67.4 Å². The molecular formula is C21H24N2O3S. The van der Waals surface area contributed by atoms with Crippen LogP contribution < -0.4 is 10.1 Å². The number of hydrogen-bond donors (Lipinski definition) is 1. The first-order valence-electron chi connectivity index (χ1n) is 8.96. The molecule has 2 aromatic rings. The van der Waals surface area contributed by atoms with Crippen LogP contribution in [0.4, 0.5) is 0 Å². The summed E-state index contributed by atoms with van der Waals surface area (Å²) in [4.78, 5) is 14.1. The zero-order chi connectivity index (χ0) is 19.6. The minimum Gasteiger partial charge on any atom is -0.486 e. The van der Waals surface area contributed by atoms with E-state index in [2.05, 4.69) is 11.4 Å². The number of hydrogen-bond acceptors (Lipinski definition) is 4. The first-order chi connectivity index (χ1) is 12.8. The van der Waals surface area contributed by atoms with Crippen molar-refractivity contribution < 1.29 is 13.9 Å². The second-order valence-electron chi connectivity index (χ2n) is 7.21. The highest BCUT2D eigenvalue weighted by Crippen LogP contribution is 2.20. The summed E-state index contributed by atoms with van der Waals surface area (Å²) in [5, 5.41) is 3.40. The van der Waals surface area contributed by atoms with E-state index in [1.807, 2.05) is 52.0 Å². The fourth-order valence-electron chi connectivity index (χ4n) is 2.97. The first kappa shape index (κ1) is 19.2. The molecule has 0 unspecified atom stereocenters. The molecule has 6 heteroatoms. The number of ether oxygens (including phenoxy) is 1. The van der Waals surface area contributed by atoms with Gasteiger partial charge in [0.2, 0.25) is 0 Å². The summed E-state index contributed by atoms with van der Waals surface area (Å²) in [7, 11) is 0. The number of carbonyl (C=O) groups excluding carboxylic acids is 1. The number of carbonyl (C=O) groups is 1. The van der Waals surface area contributed by atoms with E-state index in [9.17, 15) is 4.79 Å². The molecule has 0 bridgehead atoms. The van der Waals surface area contributed by atoms with Crippen LogP contribution in [0.3, 0.4) is 0 Å². The number of rotatable bonds is 6. The highest BCUT2D eigenvalue weighted by atomic mass is 32.1. The molecule has 0 radical (unpaired) electrons. The molecule has 1 aliphatic rings. The van der Waals surface area contributed by atoms with E-state index in [-0.39, 0.29) is 5.91 Å². The monoisotopic (exact) mass is 384 g/mol. The van der Waals surface area contributed by atoms with E-state index in [4.69, 9.17) is 21.4 Å². The predicted molar refractivity (Wildman–Crippen MR) is 109 cm³/mol.